The number of hydrogen-bond donors (Lipinski definition) is 0. The molecule has 152 valence electrons. The third-order valence-corrected chi connectivity index (χ3v) is 6.10. The molecular weight excluding hydrogens is 388 g/mol. The lowest BCUT2D eigenvalue weighted by Gasteiger charge is -2.26. The van der Waals surface area contributed by atoms with Gasteiger partial charge >= 0.3 is 0 Å². The molecule has 4 rings (SSSR count). The maximum absolute atomic E-state index is 13.3. The highest BCUT2D eigenvalue weighted by atomic mass is 32.1. The minimum absolute atomic E-state index is 0.0443. The van der Waals surface area contributed by atoms with Gasteiger partial charge in [-0.05, 0) is 17.9 Å². The molecule has 3 heterocycles. The van der Waals surface area contributed by atoms with E-state index in [2.05, 4.69) is 4.98 Å². The molecule has 1 fully saturated rings. The average Bonchev–Trinajstić information content (AvgIpc) is 3.38. The van der Waals surface area contributed by atoms with Crippen molar-refractivity contribution in [3.8, 4) is 11.5 Å². The topological polar surface area (TPSA) is 67.8 Å². The Morgan fingerprint density at radius 2 is 1.93 bits per heavy atom. The molecule has 1 aliphatic heterocycles. The van der Waals surface area contributed by atoms with E-state index < -0.39 is 0 Å². The van der Waals surface area contributed by atoms with Crippen molar-refractivity contribution in [2.45, 2.75) is 25.8 Å². The normalized spacial score (nSPS) is 16.5. The fourth-order valence-electron chi connectivity index (χ4n) is 3.69. The summed E-state index contributed by atoms with van der Waals surface area (Å²) in [5, 5.41) is 3.01. The number of amides is 1. The first kappa shape index (κ1) is 19.4. The number of benzene rings is 1. The van der Waals surface area contributed by atoms with Crippen molar-refractivity contribution in [2.24, 2.45) is 0 Å². The fourth-order valence-corrected chi connectivity index (χ4v) is 4.46. The lowest BCUT2D eigenvalue weighted by molar-refractivity contribution is -0.118. The minimum atomic E-state index is -0.282. The second kappa shape index (κ2) is 7.87. The Hall–Kier alpha value is -2.87. The number of hydrogen-bond acceptors (Lipinski definition) is 7. The molecule has 0 spiro atoms. The highest BCUT2D eigenvalue weighted by Gasteiger charge is 2.37. The fraction of sp³-hybridized carbons (Fsp3) is 0.381. The van der Waals surface area contributed by atoms with Crippen LogP contribution in [0, 0.1) is 0 Å². The van der Waals surface area contributed by atoms with Crippen LogP contribution in [0.3, 0.4) is 0 Å². The monoisotopic (exact) mass is 412 g/mol. The second-order valence-electron chi connectivity index (χ2n) is 6.93. The zero-order chi connectivity index (χ0) is 20.5. The molecular formula is C21H24N4O3S. The third kappa shape index (κ3) is 3.48. The van der Waals surface area contributed by atoms with Gasteiger partial charge < -0.3 is 19.3 Å². The van der Waals surface area contributed by atoms with E-state index >= 15 is 0 Å². The van der Waals surface area contributed by atoms with Crippen LogP contribution in [-0.4, -0.2) is 49.7 Å². The van der Waals surface area contributed by atoms with Gasteiger partial charge in [0.05, 0.1) is 25.3 Å². The summed E-state index contributed by atoms with van der Waals surface area (Å²) in [6.45, 7) is 2.67. The van der Waals surface area contributed by atoms with Crippen LogP contribution in [0.1, 0.15) is 19.2 Å². The van der Waals surface area contributed by atoms with E-state index in [9.17, 15) is 4.79 Å². The summed E-state index contributed by atoms with van der Waals surface area (Å²) < 4.78 is 10.7. The molecule has 0 N–H and O–H groups in total. The number of rotatable bonds is 6. The number of aryl methyl sites for hydroxylation is 1. The van der Waals surface area contributed by atoms with Crippen molar-refractivity contribution < 1.29 is 14.3 Å². The summed E-state index contributed by atoms with van der Waals surface area (Å²) in [7, 11) is 5.15. The van der Waals surface area contributed by atoms with Crippen molar-refractivity contribution in [3.63, 3.8) is 0 Å². The van der Waals surface area contributed by atoms with E-state index in [1.165, 1.54) is 0 Å². The zero-order valence-corrected chi connectivity index (χ0v) is 17.8. The van der Waals surface area contributed by atoms with Crippen molar-refractivity contribution in [1.29, 1.82) is 0 Å². The first-order valence-electron chi connectivity index (χ1n) is 9.57. The Morgan fingerprint density at radius 1 is 1.21 bits per heavy atom. The van der Waals surface area contributed by atoms with Crippen LogP contribution in [0.4, 0.5) is 11.5 Å². The summed E-state index contributed by atoms with van der Waals surface area (Å²) in [6, 6.07) is 7.26. The molecule has 0 bridgehead atoms. The van der Waals surface area contributed by atoms with Crippen LogP contribution in [0.25, 0.3) is 10.2 Å². The quantitative estimate of drug-likeness (QED) is 0.617. The van der Waals surface area contributed by atoms with Gasteiger partial charge in [-0.2, -0.15) is 0 Å². The lowest BCUT2D eigenvalue weighted by atomic mass is 10.2. The van der Waals surface area contributed by atoms with E-state index in [4.69, 9.17) is 14.5 Å². The van der Waals surface area contributed by atoms with Gasteiger partial charge in [0.2, 0.25) is 5.91 Å². The maximum atomic E-state index is 13.3. The second-order valence-corrected chi connectivity index (χ2v) is 7.83. The number of aromatic nitrogens is 2. The Balaban J connectivity index is 1.65. The lowest BCUT2D eigenvalue weighted by Crippen LogP contribution is -2.40. The molecule has 0 aliphatic carbocycles. The average molecular weight is 413 g/mol. The largest absolute Gasteiger partial charge is 0.497 e. The van der Waals surface area contributed by atoms with Crippen LogP contribution in [0.15, 0.2) is 29.6 Å². The molecule has 1 atom stereocenters. The first-order valence-corrected chi connectivity index (χ1v) is 10.4. The van der Waals surface area contributed by atoms with Gasteiger partial charge in [-0.1, -0.05) is 6.92 Å². The van der Waals surface area contributed by atoms with Gasteiger partial charge in [0, 0.05) is 38.2 Å². The molecule has 1 amide bonds. The van der Waals surface area contributed by atoms with Gasteiger partial charge in [-0.25, -0.2) is 9.97 Å². The number of ether oxygens (including phenoxy) is 2. The number of likely N-dealkylation sites (N-methyl/N-ethyl adjacent to an activating group) is 1. The van der Waals surface area contributed by atoms with Crippen LogP contribution >= 0.6 is 11.3 Å². The number of methoxy groups -OCH3 is 2. The molecule has 7 nitrogen and oxygen atoms in total. The summed E-state index contributed by atoms with van der Waals surface area (Å²) in [4.78, 5) is 27.4. The Kier molecular flexibility index (Phi) is 5.27. The van der Waals surface area contributed by atoms with Gasteiger partial charge in [-0.3, -0.25) is 4.79 Å². The summed E-state index contributed by atoms with van der Waals surface area (Å²) in [6.07, 6.45) is 1.47. The molecule has 1 saturated heterocycles. The molecule has 29 heavy (non-hydrogen) atoms. The van der Waals surface area contributed by atoms with Crippen LogP contribution < -0.4 is 19.3 Å². The van der Waals surface area contributed by atoms with Gasteiger partial charge in [0.1, 0.15) is 34.0 Å². The van der Waals surface area contributed by atoms with Gasteiger partial charge in [-0.15, -0.1) is 11.3 Å². The highest BCUT2D eigenvalue weighted by Crippen LogP contribution is 2.34. The van der Waals surface area contributed by atoms with Crippen molar-refractivity contribution in [1.82, 2.24) is 9.97 Å². The Bertz CT molecular complexity index is 1030. The SMILES string of the molecule is CCc1nc(N(C)C2CCN(c3cc(OC)cc(OC)c3)C2=O)c2ccsc2n1. The molecule has 1 aliphatic rings. The number of anilines is 2. The zero-order valence-electron chi connectivity index (χ0n) is 17.0. The van der Waals surface area contributed by atoms with Crippen molar-refractivity contribution >= 4 is 39.0 Å². The molecule has 3 aromatic rings. The maximum Gasteiger partial charge on any atom is 0.249 e. The van der Waals surface area contributed by atoms with Gasteiger partial charge in [0.15, 0.2) is 0 Å². The van der Waals surface area contributed by atoms with Crippen molar-refractivity contribution in [2.75, 3.05) is 37.6 Å². The minimum Gasteiger partial charge on any atom is -0.497 e. The smallest absolute Gasteiger partial charge is 0.249 e. The third-order valence-electron chi connectivity index (χ3n) is 5.29. The Morgan fingerprint density at radius 3 is 2.59 bits per heavy atom. The Labute approximate surface area is 173 Å². The summed E-state index contributed by atoms with van der Waals surface area (Å²) in [5.41, 5.74) is 0.778. The molecule has 1 unspecified atom stereocenters. The van der Waals surface area contributed by atoms with E-state index in [-0.39, 0.29) is 11.9 Å². The van der Waals surface area contributed by atoms with Gasteiger partial charge in [0.25, 0.3) is 0 Å². The predicted molar refractivity (Wildman–Crippen MR) is 116 cm³/mol. The van der Waals surface area contributed by atoms with E-state index in [1.54, 1.807) is 36.5 Å². The molecule has 0 radical (unpaired) electrons. The van der Waals surface area contributed by atoms with Crippen LogP contribution in [-0.2, 0) is 11.2 Å². The molecule has 1 aromatic carbocycles. The molecule has 0 saturated carbocycles. The van der Waals surface area contributed by atoms with Crippen LogP contribution in [0.2, 0.25) is 0 Å². The van der Waals surface area contributed by atoms with Crippen molar-refractivity contribution in [3.05, 3.63) is 35.5 Å². The summed E-state index contributed by atoms with van der Waals surface area (Å²) in [5.74, 6) is 2.97. The number of thiophene rings is 1. The standard InChI is InChI=1S/C21H24N4O3S/c1-5-18-22-19(16-7-9-29-20(16)23-18)24(2)17-6-8-25(21(17)26)13-10-14(27-3)12-15(11-13)28-4/h7,9-12,17H,5-6,8H2,1-4H3. The molecule has 2 aromatic heterocycles. The predicted octanol–water partition coefficient (Wildman–Crippen LogP) is 3.51. The van der Waals surface area contributed by atoms with E-state index in [0.717, 1.165) is 34.0 Å². The van der Waals surface area contributed by atoms with Crippen LogP contribution in [0.5, 0.6) is 11.5 Å². The number of nitrogens with zero attached hydrogens (tertiary/aromatic N) is 4. The highest BCUT2D eigenvalue weighted by molar-refractivity contribution is 7.16. The molecule has 8 heteroatoms. The number of fused-ring (bicyclic) bond motifs is 1. The number of carbonyl (C=O) groups is 1. The van der Waals surface area contributed by atoms with E-state index in [1.807, 2.05) is 42.5 Å². The first-order chi connectivity index (χ1) is 14.0. The van der Waals surface area contributed by atoms with E-state index in [0.29, 0.717) is 24.5 Å². The number of carbonyl (C=O) groups excluding carboxylic acids is 1. The summed E-state index contributed by atoms with van der Waals surface area (Å²) >= 11 is 1.60.